The van der Waals surface area contributed by atoms with Gasteiger partial charge in [-0.05, 0) is 49.2 Å². The van der Waals surface area contributed by atoms with Gasteiger partial charge in [0.15, 0.2) is 0 Å². The first-order valence-electron chi connectivity index (χ1n) is 8.78. The predicted octanol–water partition coefficient (Wildman–Crippen LogP) is 3.07. The zero-order valence-electron chi connectivity index (χ0n) is 15.7. The molecule has 4 aromatic heterocycles. The maximum Gasteiger partial charge on any atom is 0.136 e. The highest BCUT2D eigenvalue weighted by atomic mass is 16.3. The largest absolute Gasteiger partial charge is 0.394 e. The number of aliphatic hydroxyl groups is 1. The number of aliphatic hydroxyl groups excluding tert-OH is 1. The Balaban J connectivity index is 0.000000162. The van der Waals surface area contributed by atoms with E-state index in [9.17, 15) is 5.11 Å². The smallest absolute Gasteiger partial charge is 0.136 e. The van der Waals surface area contributed by atoms with Gasteiger partial charge in [0.05, 0.1) is 24.7 Å². The zero-order chi connectivity index (χ0) is 20.1. The third-order valence-electron chi connectivity index (χ3n) is 4.71. The molecule has 1 N–H and O–H groups in total. The lowest BCUT2D eigenvalue weighted by atomic mass is 9.85. The van der Waals surface area contributed by atoms with E-state index in [-0.39, 0.29) is 12.5 Å². The van der Waals surface area contributed by atoms with E-state index >= 15 is 0 Å². The van der Waals surface area contributed by atoms with Crippen molar-refractivity contribution in [3.8, 4) is 12.1 Å². The van der Waals surface area contributed by atoms with Crippen molar-refractivity contribution in [2.75, 3.05) is 6.61 Å². The average molecular weight is 372 g/mol. The van der Waals surface area contributed by atoms with E-state index in [1.54, 1.807) is 19.3 Å². The highest BCUT2D eigenvalue weighted by molar-refractivity contribution is 5.46. The number of imidazole rings is 2. The van der Waals surface area contributed by atoms with E-state index in [0.29, 0.717) is 0 Å². The number of fused-ring (bicyclic) bond motifs is 2. The Hall–Kier alpha value is -3.68. The predicted molar refractivity (Wildman–Crippen MR) is 104 cm³/mol. The lowest BCUT2D eigenvalue weighted by Gasteiger charge is -2.18. The third-order valence-corrected chi connectivity index (χ3v) is 4.71. The number of rotatable bonds is 3. The van der Waals surface area contributed by atoms with Crippen LogP contribution in [-0.4, -0.2) is 30.5 Å². The van der Waals surface area contributed by atoms with E-state index in [0.717, 1.165) is 22.4 Å². The van der Waals surface area contributed by atoms with Crippen molar-refractivity contribution in [3.63, 3.8) is 0 Å². The molecule has 7 heteroatoms. The molecular formula is C21H20N6O. The minimum Gasteiger partial charge on any atom is -0.394 e. The normalized spacial score (nSPS) is 13.8. The Bertz CT molecular complexity index is 1180. The Morgan fingerprint density at radius 2 is 1.64 bits per heavy atom. The molecule has 4 rings (SSSR count). The van der Waals surface area contributed by atoms with Gasteiger partial charge in [-0.2, -0.15) is 10.5 Å². The quantitative estimate of drug-likeness (QED) is 0.595. The Morgan fingerprint density at radius 3 is 2.21 bits per heavy atom. The summed E-state index contributed by atoms with van der Waals surface area (Å²) in [7, 11) is 0. The summed E-state index contributed by atoms with van der Waals surface area (Å²) in [6, 6.07) is 11.8. The van der Waals surface area contributed by atoms with Crippen molar-refractivity contribution in [3.05, 3.63) is 72.6 Å². The van der Waals surface area contributed by atoms with Gasteiger partial charge < -0.3 is 13.9 Å². The van der Waals surface area contributed by atoms with Crippen LogP contribution in [0.2, 0.25) is 0 Å². The first kappa shape index (κ1) is 19.1. The van der Waals surface area contributed by atoms with Crippen LogP contribution in [0.5, 0.6) is 0 Å². The van der Waals surface area contributed by atoms with E-state index in [4.69, 9.17) is 10.5 Å². The minimum absolute atomic E-state index is 0.0679. The molecule has 0 amide bonds. The SMILES string of the molecule is CC(C#N)(CO)c1ccn2ccnc2c1.CC(C#N)c1ccn2ccnc2c1. The molecule has 0 radical (unpaired) electrons. The van der Waals surface area contributed by atoms with Crippen molar-refractivity contribution < 1.29 is 5.11 Å². The second kappa shape index (κ2) is 7.91. The topological polar surface area (TPSA) is 102 Å². The molecule has 0 bridgehead atoms. The van der Waals surface area contributed by atoms with Gasteiger partial charge in [-0.15, -0.1) is 0 Å². The molecule has 0 fully saturated rings. The van der Waals surface area contributed by atoms with Crippen molar-refractivity contribution in [2.24, 2.45) is 0 Å². The fraction of sp³-hybridized carbons (Fsp3) is 0.238. The van der Waals surface area contributed by atoms with Crippen LogP contribution in [-0.2, 0) is 5.41 Å². The summed E-state index contributed by atoms with van der Waals surface area (Å²) in [5.41, 5.74) is 2.61. The second-order valence-corrected chi connectivity index (χ2v) is 6.71. The van der Waals surface area contributed by atoms with Crippen LogP contribution in [0.25, 0.3) is 11.3 Å². The molecule has 0 saturated heterocycles. The molecule has 0 saturated carbocycles. The fourth-order valence-corrected chi connectivity index (χ4v) is 2.71. The molecule has 0 aromatic carbocycles. The summed E-state index contributed by atoms with van der Waals surface area (Å²) in [6.07, 6.45) is 10.9. The van der Waals surface area contributed by atoms with E-state index in [1.165, 1.54) is 0 Å². The standard InChI is InChI=1S/C11H11N3O.C10H9N3/c1-11(7-12,8-15)9-2-4-14-5-3-13-10(14)6-9;1-8(7-11)9-2-4-13-5-3-12-10(13)6-9/h2-6,15H,8H2,1H3;2-6,8H,1H3. The fourth-order valence-electron chi connectivity index (χ4n) is 2.71. The lowest BCUT2D eigenvalue weighted by Crippen LogP contribution is -2.24. The number of pyridine rings is 2. The second-order valence-electron chi connectivity index (χ2n) is 6.71. The Labute approximate surface area is 162 Å². The van der Waals surface area contributed by atoms with Gasteiger partial charge >= 0.3 is 0 Å². The summed E-state index contributed by atoms with van der Waals surface area (Å²) in [5, 5.41) is 27.0. The van der Waals surface area contributed by atoms with Crippen LogP contribution < -0.4 is 0 Å². The molecule has 0 aliphatic heterocycles. The maximum atomic E-state index is 9.21. The highest BCUT2D eigenvalue weighted by Gasteiger charge is 2.25. The molecule has 4 aromatic rings. The molecule has 2 atom stereocenters. The Kier molecular flexibility index (Phi) is 5.39. The average Bonchev–Trinajstić information content (AvgIpc) is 3.40. The molecule has 4 heterocycles. The molecule has 2 unspecified atom stereocenters. The van der Waals surface area contributed by atoms with Gasteiger partial charge in [0.1, 0.15) is 16.7 Å². The number of nitriles is 2. The summed E-state index contributed by atoms with van der Waals surface area (Å²) in [5.74, 6) is -0.0679. The summed E-state index contributed by atoms with van der Waals surface area (Å²) in [6.45, 7) is 3.40. The van der Waals surface area contributed by atoms with Crippen molar-refractivity contribution in [1.29, 1.82) is 10.5 Å². The van der Waals surface area contributed by atoms with Crippen molar-refractivity contribution in [2.45, 2.75) is 25.2 Å². The van der Waals surface area contributed by atoms with Crippen LogP contribution in [0.4, 0.5) is 0 Å². The zero-order valence-corrected chi connectivity index (χ0v) is 15.7. The van der Waals surface area contributed by atoms with Crippen LogP contribution in [0.15, 0.2) is 61.4 Å². The van der Waals surface area contributed by atoms with Crippen molar-refractivity contribution in [1.82, 2.24) is 18.8 Å². The van der Waals surface area contributed by atoms with Gasteiger partial charge in [-0.1, -0.05) is 0 Å². The van der Waals surface area contributed by atoms with Gasteiger partial charge in [-0.25, -0.2) is 9.97 Å². The number of aromatic nitrogens is 4. The van der Waals surface area contributed by atoms with Gasteiger partial charge in [0.2, 0.25) is 0 Å². The molecule has 140 valence electrons. The summed E-state index contributed by atoms with van der Waals surface area (Å²) >= 11 is 0. The summed E-state index contributed by atoms with van der Waals surface area (Å²) in [4.78, 5) is 8.28. The van der Waals surface area contributed by atoms with E-state index in [1.807, 2.05) is 64.8 Å². The maximum absolute atomic E-state index is 9.21. The lowest BCUT2D eigenvalue weighted by molar-refractivity contribution is 0.240. The first-order chi connectivity index (χ1) is 13.5. The van der Waals surface area contributed by atoms with Crippen LogP contribution >= 0.6 is 0 Å². The van der Waals surface area contributed by atoms with Gasteiger partial charge in [0, 0.05) is 37.2 Å². The Morgan fingerprint density at radius 1 is 1.04 bits per heavy atom. The van der Waals surface area contributed by atoms with E-state index in [2.05, 4.69) is 22.1 Å². The molecular weight excluding hydrogens is 352 g/mol. The van der Waals surface area contributed by atoms with Gasteiger partial charge in [0.25, 0.3) is 0 Å². The molecule has 0 aliphatic carbocycles. The van der Waals surface area contributed by atoms with Crippen molar-refractivity contribution >= 4 is 11.3 Å². The summed E-state index contributed by atoms with van der Waals surface area (Å²) < 4.78 is 3.78. The molecule has 0 aliphatic rings. The molecule has 0 spiro atoms. The highest BCUT2D eigenvalue weighted by Crippen LogP contribution is 2.23. The minimum atomic E-state index is -0.853. The van der Waals surface area contributed by atoms with Crippen LogP contribution in [0, 0.1) is 22.7 Å². The number of hydrogen-bond acceptors (Lipinski definition) is 5. The number of hydrogen-bond donors (Lipinski definition) is 1. The van der Waals surface area contributed by atoms with Crippen LogP contribution in [0.1, 0.15) is 30.9 Å². The molecule has 28 heavy (non-hydrogen) atoms. The van der Waals surface area contributed by atoms with Gasteiger partial charge in [-0.3, -0.25) is 0 Å². The molecule has 7 nitrogen and oxygen atoms in total. The number of nitrogens with zero attached hydrogens (tertiary/aromatic N) is 6. The van der Waals surface area contributed by atoms with E-state index < -0.39 is 5.41 Å². The third kappa shape index (κ3) is 3.71. The monoisotopic (exact) mass is 372 g/mol. The van der Waals surface area contributed by atoms with Crippen LogP contribution in [0.3, 0.4) is 0 Å². The first-order valence-corrected chi connectivity index (χ1v) is 8.78.